The van der Waals surface area contributed by atoms with Crippen LogP contribution in [-0.2, 0) is 29.8 Å². The normalized spacial score (nSPS) is 14.4. The third-order valence-corrected chi connectivity index (χ3v) is 12.3. The summed E-state index contributed by atoms with van der Waals surface area (Å²) < 4.78 is 30.3. The van der Waals surface area contributed by atoms with Crippen molar-refractivity contribution in [3.05, 3.63) is 35.9 Å². The molecule has 0 spiro atoms. The summed E-state index contributed by atoms with van der Waals surface area (Å²) in [6.45, 7) is 13.4. The van der Waals surface area contributed by atoms with Crippen molar-refractivity contribution in [2.75, 3.05) is 19.8 Å². The van der Waals surface area contributed by atoms with Crippen molar-refractivity contribution in [2.45, 2.75) is 71.2 Å². The number of hydrogen-bond acceptors (Lipinski definition) is 5. The molecule has 0 fully saturated rings. The maximum atomic E-state index is 13.4. The van der Waals surface area contributed by atoms with Crippen LogP contribution in [0.15, 0.2) is 30.3 Å². The van der Waals surface area contributed by atoms with Gasteiger partial charge in [-0.1, -0.05) is 56.9 Å². The van der Waals surface area contributed by atoms with Gasteiger partial charge in [0.1, 0.15) is 0 Å². The van der Waals surface area contributed by atoms with E-state index < -0.39 is 21.0 Å². The number of nitrogens with one attached hydrogen (secondary N) is 1. The van der Waals surface area contributed by atoms with Gasteiger partial charge in [-0.2, -0.15) is 0 Å². The van der Waals surface area contributed by atoms with E-state index in [0.717, 1.165) is 12.0 Å². The Morgan fingerprint density at radius 2 is 1.66 bits per heavy atom. The van der Waals surface area contributed by atoms with E-state index in [0.29, 0.717) is 26.4 Å². The van der Waals surface area contributed by atoms with Crippen molar-refractivity contribution in [2.24, 2.45) is 0 Å². The number of carbonyl (C=O) groups excluding carboxylic acids is 1. The topological polar surface area (TPSA) is 73.9 Å². The van der Waals surface area contributed by atoms with Gasteiger partial charge in [-0.15, -0.1) is 0 Å². The Kier molecular flexibility index (Phi) is 11.4. The molecule has 0 aliphatic heterocycles. The second-order valence-corrected chi connectivity index (χ2v) is 16.3. The molecule has 0 radical (unpaired) electrons. The van der Waals surface area contributed by atoms with Crippen LogP contribution in [0.3, 0.4) is 0 Å². The molecule has 1 aromatic rings. The smallest absolute Gasteiger partial charge is 0.331 e. The Bertz CT molecular complexity index is 640. The highest BCUT2D eigenvalue weighted by Crippen LogP contribution is 2.57. The lowest BCUT2D eigenvalue weighted by molar-refractivity contribution is -0.122. The van der Waals surface area contributed by atoms with Crippen molar-refractivity contribution in [1.82, 2.24) is 5.32 Å². The van der Waals surface area contributed by atoms with Gasteiger partial charge in [-0.05, 0) is 25.8 Å². The lowest BCUT2D eigenvalue weighted by Crippen LogP contribution is -2.45. The van der Waals surface area contributed by atoms with E-state index in [-0.39, 0.29) is 18.4 Å². The molecule has 0 bridgehead atoms. The maximum Gasteiger partial charge on any atom is 0.331 e. The number of benzene rings is 1. The van der Waals surface area contributed by atoms with Gasteiger partial charge in [0.15, 0.2) is 0 Å². The van der Waals surface area contributed by atoms with E-state index in [1.165, 1.54) is 0 Å². The lowest BCUT2D eigenvalue weighted by Gasteiger charge is -2.34. The average molecular weight is 444 g/mol. The molecule has 2 atom stereocenters. The van der Waals surface area contributed by atoms with Crippen LogP contribution in [0, 0.1) is 0 Å². The largest absolute Gasteiger partial charge is 0.375 e. The minimum absolute atomic E-state index is 0.0907. The zero-order valence-corrected chi connectivity index (χ0v) is 20.7. The third-order valence-electron chi connectivity index (χ3n) is 4.67. The molecule has 0 saturated carbocycles. The SMILES string of the molecule is CCOP(=O)(OCC)C(CC(=O)N[C@H](CC)COCc1ccccc1)[Si](C)(C)C. The van der Waals surface area contributed by atoms with Crippen molar-refractivity contribution < 1.29 is 23.1 Å². The summed E-state index contributed by atoms with van der Waals surface area (Å²) >= 11 is 0. The summed E-state index contributed by atoms with van der Waals surface area (Å²) in [5, 5.41) is 2.65. The van der Waals surface area contributed by atoms with Crippen LogP contribution in [-0.4, -0.2) is 45.1 Å². The number of ether oxygens (including phenoxy) is 1. The van der Waals surface area contributed by atoms with Gasteiger partial charge in [-0.25, -0.2) is 0 Å². The van der Waals surface area contributed by atoms with Crippen LogP contribution in [0.2, 0.25) is 19.6 Å². The van der Waals surface area contributed by atoms with E-state index in [4.69, 9.17) is 13.8 Å². The number of hydrogen-bond donors (Lipinski definition) is 1. The zero-order valence-electron chi connectivity index (χ0n) is 18.8. The predicted octanol–water partition coefficient (Wildman–Crippen LogP) is 5.00. The fraction of sp³-hybridized carbons (Fsp3) is 0.667. The van der Waals surface area contributed by atoms with Crippen molar-refractivity contribution in [1.29, 1.82) is 0 Å². The molecule has 1 amide bonds. The zero-order chi connectivity index (χ0) is 21.9. The quantitative estimate of drug-likeness (QED) is 0.323. The minimum Gasteiger partial charge on any atom is -0.375 e. The van der Waals surface area contributed by atoms with Crippen LogP contribution in [0.5, 0.6) is 0 Å². The molecular formula is C21H38NO5PSi. The highest BCUT2D eigenvalue weighted by atomic mass is 31.2. The molecule has 0 aliphatic carbocycles. The second kappa shape index (κ2) is 12.7. The summed E-state index contributed by atoms with van der Waals surface area (Å²) in [5.74, 6) is -0.132. The predicted molar refractivity (Wildman–Crippen MR) is 121 cm³/mol. The summed E-state index contributed by atoms with van der Waals surface area (Å²) in [7, 11) is -5.34. The summed E-state index contributed by atoms with van der Waals surface area (Å²) in [5.41, 5.74) is 1.10. The van der Waals surface area contributed by atoms with Gasteiger partial charge in [-0.3, -0.25) is 9.36 Å². The first-order chi connectivity index (χ1) is 13.7. The summed E-state index contributed by atoms with van der Waals surface area (Å²) in [6, 6.07) is 9.85. The highest BCUT2D eigenvalue weighted by molar-refractivity contribution is 7.58. The highest BCUT2D eigenvalue weighted by Gasteiger charge is 2.45. The Labute approximate surface area is 177 Å². The van der Waals surface area contributed by atoms with Gasteiger partial charge in [0, 0.05) is 6.42 Å². The molecule has 0 aliphatic rings. The number of amides is 1. The summed E-state index contributed by atoms with van der Waals surface area (Å²) in [6.07, 6.45) is 0.898. The summed E-state index contributed by atoms with van der Waals surface area (Å²) in [4.78, 5) is 12.8. The van der Waals surface area contributed by atoms with Gasteiger partial charge >= 0.3 is 7.60 Å². The van der Waals surface area contributed by atoms with E-state index in [1.807, 2.05) is 37.3 Å². The molecule has 0 aromatic heterocycles. The average Bonchev–Trinajstić information content (AvgIpc) is 2.65. The maximum absolute atomic E-state index is 13.4. The van der Waals surface area contributed by atoms with Crippen LogP contribution in [0.1, 0.15) is 39.2 Å². The lowest BCUT2D eigenvalue weighted by atomic mass is 10.2. The molecular weight excluding hydrogens is 405 g/mol. The van der Waals surface area contributed by atoms with E-state index in [2.05, 4.69) is 25.0 Å². The monoisotopic (exact) mass is 443 g/mol. The van der Waals surface area contributed by atoms with Crippen molar-refractivity contribution in [3.63, 3.8) is 0 Å². The second-order valence-electron chi connectivity index (χ2n) is 8.13. The Morgan fingerprint density at radius 1 is 1.07 bits per heavy atom. The Balaban J connectivity index is 2.71. The van der Waals surface area contributed by atoms with Gasteiger partial charge < -0.3 is 19.1 Å². The molecule has 166 valence electrons. The minimum atomic E-state index is -3.35. The fourth-order valence-electron chi connectivity index (χ4n) is 3.09. The van der Waals surface area contributed by atoms with Crippen molar-refractivity contribution in [3.8, 4) is 0 Å². The van der Waals surface area contributed by atoms with E-state index in [9.17, 15) is 9.36 Å². The first-order valence-corrected chi connectivity index (χ1v) is 15.6. The number of rotatable bonds is 14. The van der Waals surface area contributed by atoms with Gasteiger partial charge in [0.25, 0.3) is 0 Å². The van der Waals surface area contributed by atoms with Crippen LogP contribution >= 0.6 is 7.60 Å². The molecule has 6 nitrogen and oxygen atoms in total. The molecule has 1 rings (SSSR count). The van der Waals surface area contributed by atoms with Crippen LogP contribution in [0.25, 0.3) is 0 Å². The molecule has 0 heterocycles. The van der Waals surface area contributed by atoms with Crippen molar-refractivity contribution >= 4 is 21.6 Å². The Hall–Kier alpha value is -0.983. The fourth-order valence-corrected chi connectivity index (χ4v) is 9.67. The standard InChI is InChI=1S/C21H38NO5PSi/c1-7-19(17-25-16-18-13-11-10-12-14-18)22-20(23)15-21(29(4,5)6)28(24,26-8-2)27-9-3/h10-14,19,21H,7-9,15-17H2,1-6H3,(H,22,23)/t19-,21?/m1/s1. The van der Waals surface area contributed by atoms with E-state index >= 15 is 0 Å². The molecule has 1 aromatic carbocycles. The first kappa shape index (κ1) is 26.1. The molecule has 29 heavy (non-hydrogen) atoms. The molecule has 8 heteroatoms. The molecule has 1 N–H and O–H groups in total. The number of carbonyl (C=O) groups is 1. The van der Waals surface area contributed by atoms with Gasteiger partial charge in [0.2, 0.25) is 5.91 Å². The van der Waals surface area contributed by atoms with Crippen LogP contribution in [0.4, 0.5) is 0 Å². The van der Waals surface area contributed by atoms with Crippen LogP contribution < -0.4 is 5.32 Å². The third kappa shape index (κ3) is 9.14. The Morgan fingerprint density at radius 3 is 2.14 bits per heavy atom. The molecule has 1 unspecified atom stereocenters. The van der Waals surface area contributed by atoms with E-state index in [1.54, 1.807) is 13.8 Å². The first-order valence-electron chi connectivity index (χ1n) is 10.5. The van der Waals surface area contributed by atoms with Gasteiger partial charge in [0.05, 0.1) is 45.8 Å². The molecule has 0 saturated heterocycles.